The second-order valence-corrected chi connectivity index (χ2v) is 3.56. The Hall–Kier alpha value is -1.14. The summed E-state index contributed by atoms with van der Waals surface area (Å²) in [4.78, 5) is 25.6. The third kappa shape index (κ3) is 1.46. The van der Waals surface area contributed by atoms with Crippen molar-refractivity contribution in [1.82, 2.24) is 19.9 Å². The molecule has 0 radical (unpaired) electrons. The van der Waals surface area contributed by atoms with Gasteiger partial charge in [0.1, 0.15) is 16.2 Å². The lowest BCUT2D eigenvalue weighted by molar-refractivity contribution is 0.978. The lowest BCUT2D eigenvalue weighted by atomic mass is 10.4. The monoisotopic (exact) mass is 228 g/mol. The summed E-state index contributed by atoms with van der Waals surface area (Å²) in [5.74, 6) is 0. The molecule has 0 saturated heterocycles. The van der Waals surface area contributed by atoms with Gasteiger partial charge >= 0.3 is 0 Å². The highest BCUT2D eigenvalue weighted by Crippen LogP contribution is 2.18. The molecular formula is C7H5ClN4OS. The zero-order chi connectivity index (χ0) is 10.1. The molecular weight excluding hydrogens is 224 g/mol. The first kappa shape index (κ1) is 9.42. The fourth-order valence-corrected chi connectivity index (χ4v) is 1.68. The Labute approximate surface area is 87.9 Å². The fourth-order valence-electron chi connectivity index (χ4n) is 1.02. The fraction of sp³-hybridized carbons (Fsp3) is 0.143. The molecule has 0 unspecified atom stereocenters. The van der Waals surface area contributed by atoms with Crippen LogP contribution in [0.3, 0.4) is 0 Å². The van der Waals surface area contributed by atoms with Gasteiger partial charge in [-0.05, 0) is 6.26 Å². The number of aromatic amines is 1. The number of rotatable bonds is 1. The zero-order valence-electron chi connectivity index (χ0n) is 7.11. The standard InChI is InChI=1S/C7H5ClN4OS/c1-14-7-11-4(8)3-5(12-7)9-2-10-6(3)13/h2H,1H3,(H,9,10,11,12,13). The van der Waals surface area contributed by atoms with Crippen molar-refractivity contribution in [2.45, 2.75) is 5.16 Å². The number of halogens is 1. The van der Waals surface area contributed by atoms with E-state index in [1.54, 1.807) is 0 Å². The Kier molecular flexibility index (Phi) is 2.39. The molecule has 5 nitrogen and oxygen atoms in total. The van der Waals surface area contributed by atoms with Crippen LogP contribution in [0.4, 0.5) is 0 Å². The number of thioether (sulfide) groups is 1. The maximum absolute atomic E-state index is 11.3. The average Bonchev–Trinajstić information content (AvgIpc) is 2.17. The van der Waals surface area contributed by atoms with E-state index in [1.165, 1.54) is 18.1 Å². The van der Waals surface area contributed by atoms with Crippen LogP contribution in [0.1, 0.15) is 0 Å². The smallest absolute Gasteiger partial charge is 0.285 e. The number of hydrogen-bond donors (Lipinski definition) is 1. The van der Waals surface area contributed by atoms with Crippen LogP contribution in [0, 0.1) is 0 Å². The molecule has 0 aromatic carbocycles. The Morgan fingerprint density at radius 3 is 3.00 bits per heavy atom. The Bertz CT molecular complexity index is 541. The van der Waals surface area contributed by atoms with Gasteiger partial charge in [-0.25, -0.2) is 9.97 Å². The van der Waals surface area contributed by atoms with Gasteiger partial charge in [0.2, 0.25) is 0 Å². The minimum atomic E-state index is -0.420. The predicted molar refractivity (Wildman–Crippen MR) is 54.7 cm³/mol. The predicted octanol–water partition coefficient (Wildman–Crippen LogP) is 1.09. The maximum Gasteiger partial charge on any atom is 0.285 e. The van der Waals surface area contributed by atoms with Gasteiger partial charge in [0.25, 0.3) is 5.56 Å². The summed E-state index contributed by atoms with van der Waals surface area (Å²) < 4.78 is 0. The first-order valence-corrected chi connectivity index (χ1v) is 5.27. The largest absolute Gasteiger partial charge is 0.330 e. The maximum atomic E-state index is 11.3. The van der Waals surface area contributed by atoms with Gasteiger partial charge in [-0.3, -0.25) is 4.79 Å². The summed E-state index contributed by atoms with van der Waals surface area (Å²) in [5.41, 5.74) is -0.00856. The summed E-state index contributed by atoms with van der Waals surface area (Å²) in [7, 11) is 0. The van der Waals surface area contributed by atoms with Crippen molar-refractivity contribution < 1.29 is 0 Å². The molecule has 14 heavy (non-hydrogen) atoms. The molecule has 0 aliphatic heterocycles. The molecule has 0 atom stereocenters. The molecule has 1 N–H and O–H groups in total. The molecule has 0 aliphatic rings. The second kappa shape index (κ2) is 3.55. The van der Waals surface area contributed by atoms with Crippen LogP contribution in [0.15, 0.2) is 16.3 Å². The van der Waals surface area contributed by atoms with E-state index in [2.05, 4.69) is 19.9 Å². The lowest BCUT2D eigenvalue weighted by Gasteiger charge is -1.99. The molecule has 7 heteroatoms. The van der Waals surface area contributed by atoms with Gasteiger partial charge in [-0.15, -0.1) is 0 Å². The van der Waals surface area contributed by atoms with Crippen molar-refractivity contribution in [3.8, 4) is 0 Å². The molecule has 0 aliphatic carbocycles. The third-order valence-electron chi connectivity index (χ3n) is 1.62. The van der Waals surface area contributed by atoms with Gasteiger partial charge in [0.05, 0.1) is 6.33 Å². The lowest BCUT2D eigenvalue weighted by Crippen LogP contribution is -2.09. The van der Waals surface area contributed by atoms with E-state index in [0.717, 1.165) is 0 Å². The minimum absolute atomic E-state index is 0.133. The summed E-state index contributed by atoms with van der Waals surface area (Å²) in [6, 6.07) is 0. The first-order chi connectivity index (χ1) is 6.72. The van der Waals surface area contributed by atoms with E-state index in [0.29, 0.717) is 10.8 Å². The van der Waals surface area contributed by atoms with E-state index >= 15 is 0 Å². The van der Waals surface area contributed by atoms with Crippen LogP contribution < -0.4 is 5.56 Å². The second-order valence-electron chi connectivity index (χ2n) is 2.43. The SMILES string of the molecule is CSc1nc(Cl)c2c(=O)nc[nH]c2n1. The van der Waals surface area contributed by atoms with Crippen molar-refractivity contribution in [3.05, 3.63) is 21.8 Å². The minimum Gasteiger partial charge on any atom is -0.330 e. The topological polar surface area (TPSA) is 71.5 Å². The number of H-pyrrole nitrogens is 1. The van der Waals surface area contributed by atoms with E-state index in [9.17, 15) is 4.79 Å². The van der Waals surface area contributed by atoms with Crippen molar-refractivity contribution in [3.63, 3.8) is 0 Å². The summed E-state index contributed by atoms with van der Waals surface area (Å²) in [5, 5.41) is 0.880. The van der Waals surface area contributed by atoms with Gasteiger partial charge in [-0.1, -0.05) is 23.4 Å². The number of aromatic nitrogens is 4. The highest BCUT2D eigenvalue weighted by molar-refractivity contribution is 7.98. The number of fused-ring (bicyclic) bond motifs is 1. The Morgan fingerprint density at radius 1 is 1.50 bits per heavy atom. The quantitative estimate of drug-likeness (QED) is 0.449. The van der Waals surface area contributed by atoms with E-state index in [-0.39, 0.29) is 10.5 Å². The molecule has 0 saturated carbocycles. The van der Waals surface area contributed by atoms with Gasteiger partial charge in [-0.2, -0.15) is 4.98 Å². The number of nitrogens with zero attached hydrogens (tertiary/aromatic N) is 3. The summed E-state index contributed by atoms with van der Waals surface area (Å²) >= 11 is 7.18. The number of hydrogen-bond acceptors (Lipinski definition) is 5. The molecule has 2 rings (SSSR count). The normalized spacial score (nSPS) is 10.7. The van der Waals surface area contributed by atoms with Crippen LogP contribution >= 0.6 is 23.4 Å². The van der Waals surface area contributed by atoms with Crippen molar-refractivity contribution in [2.75, 3.05) is 6.26 Å². The third-order valence-corrected chi connectivity index (χ3v) is 2.45. The number of nitrogens with one attached hydrogen (secondary N) is 1. The molecule has 0 bridgehead atoms. The highest BCUT2D eigenvalue weighted by atomic mass is 35.5. The Morgan fingerprint density at radius 2 is 2.29 bits per heavy atom. The van der Waals surface area contributed by atoms with Crippen LogP contribution in [-0.4, -0.2) is 26.2 Å². The molecule has 72 valence electrons. The van der Waals surface area contributed by atoms with E-state index in [1.807, 2.05) is 6.26 Å². The zero-order valence-corrected chi connectivity index (χ0v) is 8.69. The van der Waals surface area contributed by atoms with Gasteiger partial charge < -0.3 is 4.98 Å². The van der Waals surface area contributed by atoms with E-state index in [4.69, 9.17) is 11.6 Å². The Balaban J connectivity index is 2.90. The molecule has 0 spiro atoms. The van der Waals surface area contributed by atoms with Crippen LogP contribution in [-0.2, 0) is 0 Å². The molecule has 2 heterocycles. The van der Waals surface area contributed by atoms with Crippen molar-refractivity contribution in [1.29, 1.82) is 0 Å². The van der Waals surface area contributed by atoms with Crippen molar-refractivity contribution >= 4 is 34.4 Å². The molecule has 2 aromatic rings. The summed E-state index contributed by atoms with van der Waals surface area (Å²) in [6.07, 6.45) is 3.12. The van der Waals surface area contributed by atoms with E-state index < -0.39 is 5.56 Å². The van der Waals surface area contributed by atoms with Crippen LogP contribution in [0.25, 0.3) is 11.0 Å². The first-order valence-electron chi connectivity index (χ1n) is 3.67. The van der Waals surface area contributed by atoms with Gasteiger partial charge in [0, 0.05) is 0 Å². The van der Waals surface area contributed by atoms with Crippen molar-refractivity contribution in [2.24, 2.45) is 0 Å². The summed E-state index contributed by atoms with van der Waals surface area (Å²) in [6.45, 7) is 0. The molecule has 0 fully saturated rings. The molecule has 0 amide bonds. The highest BCUT2D eigenvalue weighted by Gasteiger charge is 2.08. The molecule has 2 aromatic heterocycles. The average molecular weight is 229 g/mol. The van der Waals surface area contributed by atoms with Crippen LogP contribution in [0.5, 0.6) is 0 Å². The van der Waals surface area contributed by atoms with Gasteiger partial charge in [0.15, 0.2) is 5.16 Å². The van der Waals surface area contributed by atoms with Crippen LogP contribution in [0.2, 0.25) is 5.15 Å².